The molecule has 3 N–H and O–H groups in total. The van der Waals surface area contributed by atoms with Crippen LogP contribution in [0.15, 0.2) is 41.2 Å². The maximum Gasteiger partial charge on any atom is 0.221 e. The van der Waals surface area contributed by atoms with Crippen LogP contribution in [0.1, 0.15) is 13.8 Å². The molecule has 1 heterocycles. The molecule has 0 atom stereocenters. The van der Waals surface area contributed by atoms with Gasteiger partial charge in [-0.15, -0.1) is 0 Å². The van der Waals surface area contributed by atoms with Crippen molar-refractivity contribution in [3.8, 4) is 0 Å². The van der Waals surface area contributed by atoms with Crippen LogP contribution >= 0.6 is 0 Å². The van der Waals surface area contributed by atoms with Crippen molar-refractivity contribution >= 4 is 45.0 Å². The molecule has 0 saturated carbocycles. The third-order valence-electron chi connectivity index (χ3n) is 3.49. The lowest BCUT2D eigenvalue weighted by Gasteiger charge is -2.11. The Bertz CT molecular complexity index is 928. The van der Waals surface area contributed by atoms with Crippen LogP contribution in [0.3, 0.4) is 0 Å². The predicted molar refractivity (Wildman–Crippen MR) is 90.7 cm³/mol. The normalized spacial score (nSPS) is 10.7. The van der Waals surface area contributed by atoms with E-state index in [2.05, 4.69) is 15.6 Å². The third kappa shape index (κ3) is 2.66. The van der Waals surface area contributed by atoms with E-state index >= 15 is 0 Å². The van der Waals surface area contributed by atoms with Crippen molar-refractivity contribution in [3.63, 3.8) is 0 Å². The molecule has 6 nitrogen and oxygen atoms in total. The number of nitrogens with one attached hydrogen (secondary N) is 3. The van der Waals surface area contributed by atoms with Crippen molar-refractivity contribution in [1.82, 2.24) is 4.98 Å². The molecule has 0 saturated heterocycles. The Labute approximate surface area is 131 Å². The monoisotopic (exact) mass is 309 g/mol. The number of benzene rings is 2. The number of pyridine rings is 1. The van der Waals surface area contributed by atoms with Crippen molar-refractivity contribution in [1.29, 1.82) is 0 Å². The van der Waals surface area contributed by atoms with E-state index in [1.54, 1.807) is 36.4 Å². The molecule has 0 fully saturated rings. The number of hydrogen-bond donors (Lipinski definition) is 3. The second kappa shape index (κ2) is 5.57. The van der Waals surface area contributed by atoms with Gasteiger partial charge in [-0.2, -0.15) is 0 Å². The molecule has 1 aromatic heterocycles. The SMILES string of the molecule is CC(=O)Nc1cccc2c(=O)c3cccc(NC(C)=O)c3[nH]c12. The Kier molecular flexibility index (Phi) is 3.57. The van der Waals surface area contributed by atoms with Gasteiger partial charge < -0.3 is 15.6 Å². The molecule has 0 aliphatic rings. The first-order chi connectivity index (χ1) is 11.0. The summed E-state index contributed by atoms with van der Waals surface area (Å²) in [6.07, 6.45) is 0. The number of carbonyl (C=O) groups is 2. The standard InChI is InChI=1S/C17H15N3O3/c1-9(21)18-13-7-3-5-11-15(13)20-16-12(17(11)23)6-4-8-14(16)19-10(2)22/h3-8H,1-2H3,(H,18,21)(H,19,22)(H,20,23). The fourth-order valence-corrected chi connectivity index (χ4v) is 2.61. The van der Waals surface area contributed by atoms with Gasteiger partial charge in [-0.25, -0.2) is 0 Å². The molecule has 3 aromatic rings. The van der Waals surface area contributed by atoms with E-state index < -0.39 is 0 Å². The highest BCUT2D eigenvalue weighted by atomic mass is 16.2. The first kappa shape index (κ1) is 14.8. The summed E-state index contributed by atoms with van der Waals surface area (Å²) in [5.41, 5.74) is 1.93. The number of aromatic nitrogens is 1. The molecule has 2 amide bonds. The average Bonchev–Trinajstić information content (AvgIpc) is 2.48. The van der Waals surface area contributed by atoms with Gasteiger partial charge in [0.1, 0.15) is 0 Å². The van der Waals surface area contributed by atoms with E-state index in [-0.39, 0.29) is 17.2 Å². The molecule has 0 spiro atoms. The van der Waals surface area contributed by atoms with Crippen LogP contribution in [0.4, 0.5) is 11.4 Å². The first-order valence-corrected chi connectivity index (χ1v) is 7.10. The Morgan fingerprint density at radius 2 is 1.26 bits per heavy atom. The van der Waals surface area contributed by atoms with Gasteiger partial charge in [0.2, 0.25) is 11.8 Å². The minimum absolute atomic E-state index is 0.159. The molecule has 0 unspecified atom stereocenters. The number of fused-ring (bicyclic) bond motifs is 2. The lowest BCUT2D eigenvalue weighted by atomic mass is 10.1. The van der Waals surface area contributed by atoms with E-state index in [1.807, 2.05) is 0 Å². The largest absolute Gasteiger partial charge is 0.351 e. The van der Waals surface area contributed by atoms with E-state index in [9.17, 15) is 14.4 Å². The van der Waals surface area contributed by atoms with Gasteiger partial charge >= 0.3 is 0 Å². The second-order valence-corrected chi connectivity index (χ2v) is 5.27. The Morgan fingerprint density at radius 1 is 0.826 bits per heavy atom. The highest BCUT2D eigenvalue weighted by Gasteiger charge is 2.12. The van der Waals surface area contributed by atoms with Crippen molar-refractivity contribution < 1.29 is 9.59 Å². The van der Waals surface area contributed by atoms with Gasteiger partial charge in [0.15, 0.2) is 5.43 Å². The molecule has 6 heteroatoms. The van der Waals surface area contributed by atoms with Crippen LogP contribution in [0.2, 0.25) is 0 Å². The first-order valence-electron chi connectivity index (χ1n) is 7.10. The van der Waals surface area contributed by atoms with Crippen LogP contribution in [-0.4, -0.2) is 16.8 Å². The number of hydrogen-bond acceptors (Lipinski definition) is 3. The summed E-state index contributed by atoms with van der Waals surface area (Å²) >= 11 is 0. The summed E-state index contributed by atoms with van der Waals surface area (Å²) in [7, 11) is 0. The molecule has 0 radical (unpaired) electrons. The van der Waals surface area contributed by atoms with E-state index in [0.717, 1.165) is 0 Å². The minimum atomic E-state index is -0.228. The minimum Gasteiger partial charge on any atom is -0.351 e. The number of amides is 2. The summed E-state index contributed by atoms with van der Waals surface area (Å²) in [5, 5.41) is 6.36. The van der Waals surface area contributed by atoms with Crippen LogP contribution < -0.4 is 16.1 Å². The molecule has 116 valence electrons. The predicted octanol–water partition coefficient (Wildman–Crippen LogP) is 2.60. The van der Waals surface area contributed by atoms with Crippen LogP contribution in [-0.2, 0) is 9.59 Å². The smallest absolute Gasteiger partial charge is 0.221 e. The van der Waals surface area contributed by atoms with Gasteiger partial charge in [0.25, 0.3) is 0 Å². The van der Waals surface area contributed by atoms with E-state index in [1.165, 1.54) is 13.8 Å². The topological polar surface area (TPSA) is 91.1 Å². The van der Waals surface area contributed by atoms with Crippen molar-refractivity contribution in [2.45, 2.75) is 13.8 Å². The number of aromatic amines is 1. The molecular weight excluding hydrogens is 294 g/mol. The van der Waals surface area contributed by atoms with Crippen molar-refractivity contribution in [3.05, 3.63) is 46.6 Å². The Hall–Kier alpha value is -3.15. The maximum absolute atomic E-state index is 12.7. The highest BCUT2D eigenvalue weighted by Crippen LogP contribution is 2.26. The summed E-state index contributed by atoms with van der Waals surface area (Å²) in [4.78, 5) is 38.6. The molecule has 0 bridgehead atoms. The second-order valence-electron chi connectivity index (χ2n) is 5.27. The fourth-order valence-electron chi connectivity index (χ4n) is 2.61. The van der Waals surface area contributed by atoms with Crippen LogP contribution in [0, 0.1) is 0 Å². The summed E-state index contributed by atoms with van der Waals surface area (Å²) in [6, 6.07) is 10.3. The summed E-state index contributed by atoms with van der Waals surface area (Å²) in [5.74, 6) is -0.456. The zero-order chi connectivity index (χ0) is 16.6. The lowest BCUT2D eigenvalue weighted by molar-refractivity contribution is -0.115. The molecule has 2 aromatic carbocycles. The van der Waals surface area contributed by atoms with Crippen LogP contribution in [0.25, 0.3) is 21.8 Å². The molecule has 23 heavy (non-hydrogen) atoms. The quantitative estimate of drug-likeness (QED) is 0.635. The zero-order valence-electron chi connectivity index (χ0n) is 12.7. The lowest BCUT2D eigenvalue weighted by Crippen LogP contribution is -2.12. The molecule has 0 aliphatic carbocycles. The summed E-state index contributed by atoms with van der Waals surface area (Å²) < 4.78 is 0. The molecule has 3 rings (SSSR count). The molecular formula is C17H15N3O3. The number of H-pyrrole nitrogens is 1. The fraction of sp³-hybridized carbons (Fsp3) is 0.118. The molecule has 0 aliphatic heterocycles. The van der Waals surface area contributed by atoms with Gasteiger partial charge in [-0.05, 0) is 24.3 Å². The third-order valence-corrected chi connectivity index (χ3v) is 3.49. The van der Waals surface area contributed by atoms with Gasteiger partial charge in [-0.1, -0.05) is 12.1 Å². The number of para-hydroxylation sites is 2. The average molecular weight is 309 g/mol. The van der Waals surface area contributed by atoms with Crippen molar-refractivity contribution in [2.75, 3.05) is 10.6 Å². The number of rotatable bonds is 2. The Balaban J connectivity index is 2.39. The van der Waals surface area contributed by atoms with Gasteiger partial charge in [0, 0.05) is 24.6 Å². The highest BCUT2D eigenvalue weighted by molar-refractivity contribution is 6.07. The van der Waals surface area contributed by atoms with E-state index in [0.29, 0.717) is 33.2 Å². The maximum atomic E-state index is 12.7. The number of anilines is 2. The van der Waals surface area contributed by atoms with Crippen LogP contribution in [0.5, 0.6) is 0 Å². The zero-order valence-corrected chi connectivity index (χ0v) is 12.7. The van der Waals surface area contributed by atoms with Crippen molar-refractivity contribution in [2.24, 2.45) is 0 Å². The Morgan fingerprint density at radius 3 is 1.65 bits per heavy atom. The number of carbonyl (C=O) groups excluding carboxylic acids is 2. The summed E-state index contributed by atoms with van der Waals surface area (Å²) in [6.45, 7) is 2.81. The van der Waals surface area contributed by atoms with Gasteiger partial charge in [0.05, 0.1) is 22.4 Å². The van der Waals surface area contributed by atoms with E-state index in [4.69, 9.17) is 0 Å². The van der Waals surface area contributed by atoms with Gasteiger partial charge in [-0.3, -0.25) is 14.4 Å².